The smallest absolute Gasteiger partial charge is 0.257 e. The summed E-state index contributed by atoms with van der Waals surface area (Å²) in [5.41, 5.74) is 0.607. The molecule has 0 saturated carbocycles. The largest absolute Gasteiger partial charge is 0.384 e. The molecule has 0 fully saturated rings. The lowest BCUT2D eigenvalue weighted by Gasteiger charge is -1.98. The summed E-state index contributed by atoms with van der Waals surface area (Å²) in [7, 11) is 1.61. The van der Waals surface area contributed by atoms with Crippen LogP contribution >= 0.6 is 11.5 Å². The summed E-state index contributed by atoms with van der Waals surface area (Å²) >= 11 is 1.21. The molecule has 104 valence electrons. The summed E-state index contributed by atoms with van der Waals surface area (Å²) in [6.07, 6.45) is 1.19. The van der Waals surface area contributed by atoms with Crippen molar-refractivity contribution in [2.24, 2.45) is 0 Å². The molecule has 0 bridgehead atoms. The fraction of sp³-hybridized carbons (Fsp3) is 0.500. The zero-order chi connectivity index (χ0) is 13.7. The van der Waals surface area contributed by atoms with Gasteiger partial charge in [-0.25, -0.2) is 13.8 Å². The second-order valence-corrected chi connectivity index (χ2v) is 4.48. The van der Waals surface area contributed by atoms with Gasteiger partial charge < -0.3 is 10.1 Å². The summed E-state index contributed by atoms with van der Waals surface area (Å²) in [4.78, 5) is 4.24. The monoisotopic (exact) mass is 289 g/mol. The van der Waals surface area contributed by atoms with Crippen molar-refractivity contribution in [3.63, 3.8) is 0 Å². The molecule has 0 atom stereocenters. The quantitative estimate of drug-likeness (QED) is 0.843. The van der Waals surface area contributed by atoms with Crippen molar-refractivity contribution >= 4 is 22.4 Å². The van der Waals surface area contributed by atoms with Crippen LogP contribution in [0.4, 0.5) is 19.6 Å². The maximum absolute atomic E-state index is 12.2. The molecule has 0 saturated heterocycles. The van der Waals surface area contributed by atoms with Crippen LogP contribution in [0, 0.1) is 0 Å². The van der Waals surface area contributed by atoms with Crippen LogP contribution in [-0.4, -0.2) is 39.3 Å². The molecular weight excluding hydrogens is 276 g/mol. The number of rotatable bonds is 7. The summed E-state index contributed by atoms with van der Waals surface area (Å²) in [6.45, 7) is 0.138. The summed E-state index contributed by atoms with van der Waals surface area (Å²) in [5, 5.41) is 7.39. The van der Waals surface area contributed by atoms with Crippen molar-refractivity contribution in [1.82, 2.24) is 19.1 Å². The lowest BCUT2D eigenvalue weighted by Crippen LogP contribution is -2.06. The third kappa shape index (κ3) is 4.21. The van der Waals surface area contributed by atoms with E-state index in [1.165, 1.54) is 28.6 Å². The van der Waals surface area contributed by atoms with Crippen LogP contribution in [0.1, 0.15) is 5.82 Å². The van der Waals surface area contributed by atoms with E-state index in [0.717, 1.165) is 0 Å². The molecule has 0 aliphatic carbocycles. The predicted octanol–water partition coefficient (Wildman–Crippen LogP) is 1.93. The van der Waals surface area contributed by atoms with Gasteiger partial charge in [0.05, 0.1) is 18.5 Å². The van der Waals surface area contributed by atoms with Gasteiger partial charge in [0.1, 0.15) is 12.4 Å². The number of anilines is 2. The molecule has 19 heavy (non-hydrogen) atoms. The minimum Gasteiger partial charge on any atom is -0.384 e. The van der Waals surface area contributed by atoms with Crippen LogP contribution in [0.3, 0.4) is 0 Å². The zero-order valence-electron chi connectivity index (χ0n) is 10.2. The number of alkyl halides is 2. The van der Waals surface area contributed by atoms with E-state index >= 15 is 0 Å². The molecule has 2 aromatic heterocycles. The standard InChI is InChI=1S/C10H13F2N5OS/c1-18-3-2-9-15-10(19-16-9)14-7-4-13-17(5-7)6-8(11)12/h4-5,8H,2-3,6H2,1H3,(H,14,15,16). The Balaban J connectivity index is 1.93. The van der Waals surface area contributed by atoms with Gasteiger partial charge >= 0.3 is 0 Å². The molecule has 2 heterocycles. The molecule has 0 aliphatic heterocycles. The van der Waals surface area contributed by atoms with Gasteiger partial charge in [0, 0.05) is 31.3 Å². The highest BCUT2D eigenvalue weighted by atomic mass is 32.1. The van der Waals surface area contributed by atoms with Crippen LogP contribution in [0.15, 0.2) is 12.4 Å². The van der Waals surface area contributed by atoms with Crippen molar-refractivity contribution in [2.75, 3.05) is 19.0 Å². The number of hydrogen-bond donors (Lipinski definition) is 1. The Labute approximate surface area is 112 Å². The minimum atomic E-state index is -2.42. The predicted molar refractivity (Wildman–Crippen MR) is 67.0 cm³/mol. The second kappa shape index (κ2) is 6.53. The number of nitrogens with zero attached hydrogens (tertiary/aromatic N) is 4. The zero-order valence-corrected chi connectivity index (χ0v) is 11.0. The van der Waals surface area contributed by atoms with Crippen LogP contribution in [-0.2, 0) is 17.7 Å². The van der Waals surface area contributed by atoms with Crippen LogP contribution < -0.4 is 5.32 Å². The normalized spacial score (nSPS) is 11.2. The molecule has 0 unspecified atom stereocenters. The first-order valence-electron chi connectivity index (χ1n) is 5.56. The van der Waals surface area contributed by atoms with Gasteiger partial charge in [0.2, 0.25) is 5.13 Å². The van der Waals surface area contributed by atoms with E-state index in [0.29, 0.717) is 29.7 Å². The topological polar surface area (TPSA) is 64.9 Å². The Kier molecular flexibility index (Phi) is 4.74. The number of ether oxygens (including phenoxy) is 1. The lowest BCUT2D eigenvalue weighted by atomic mass is 10.4. The van der Waals surface area contributed by atoms with Gasteiger partial charge in [-0.3, -0.25) is 4.68 Å². The maximum atomic E-state index is 12.2. The Hall–Kier alpha value is -1.61. The van der Waals surface area contributed by atoms with E-state index in [9.17, 15) is 8.78 Å². The third-order valence-corrected chi connectivity index (χ3v) is 2.88. The van der Waals surface area contributed by atoms with E-state index in [-0.39, 0.29) is 0 Å². The van der Waals surface area contributed by atoms with Gasteiger partial charge in [-0.1, -0.05) is 0 Å². The third-order valence-electron chi connectivity index (χ3n) is 2.21. The average molecular weight is 289 g/mol. The lowest BCUT2D eigenvalue weighted by molar-refractivity contribution is 0.122. The highest BCUT2D eigenvalue weighted by Crippen LogP contribution is 2.18. The number of nitrogens with one attached hydrogen (secondary N) is 1. The molecule has 0 aliphatic rings. The molecule has 9 heteroatoms. The number of hydrogen-bond acceptors (Lipinski definition) is 6. The van der Waals surface area contributed by atoms with E-state index in [1.54, 1.807) is 7.11 Å². The maximum Gasteiger partial charge on any atom is 0.257 e. The molecular formula is C10H13F2N5OS. The Bertz CT molecular complexity index is 515. The van der Waals surface area contributed by atoms with Crippen LogP contribution in [0.25, 0.3) is 0 Å². The van der Waals surface area contributed by atoms with E-state index in [2.05, 4.69) is 19.8 Å². The minimum absolute atomic E-state index is 0.420. The van der Waals surface area contributed by atoms with E-state index < -0.39 is 13.0 Å². The first-order chi connectivity index (χ1) is 9.17. The molecule has 6 nitrogen and oxygen atoms in total. The summed E-state index contributed by atoms with van der Waals surface area (Å²) < 4.78 is 34.6. The molecule has 1 N–H and O–H groups in total. The average Bonchev–Trinajstić information content (AvgIpc) is 2.96. The Morgan fingerprint density at radius 1 is 1.53 bits per heavy atom. The van der Waals surface area contributed by atoms with E-state index in [1.807, 2.05) is 0 Å². The molecule has 2 rings (SSSR count). The fourth-order valence-corrected chi connectivity index (χ4v) is 2.03. The van der Waals surface area contributed by atoms with Gasteiger partial charge in [-0.05, 0) is 0 Å². The number of aromatic nitrogens is 4. The number of methoxy groups -OCH3 is 1. The summed E-state index contributed by atoms with van der Waals surface area (Å²) in [6, 6.07) is 0. The van der Waals surface area contributed by atoms with Gasteiger partial charge in [0.15, 0.2) is 0 Å². The van der Waals surface area contributed by atoms with Crippen molar-refractivity contribution in [2.45, 2.75) is 19.4 Å². The Morgan fingerprint density at radius 2 is 2.37 bits per heavy atom. The van der Waals surface area contributed by atoms with Crippen molar-refractivity contribution in [3.05, 3.63) is 18.2 Å². The van der Waals surface area contributed by atoms with Crippen molar-refractivity contribution in [3.8, 4) is 0 Å². The van der Waals surface area contributed by atoms with Gasteiger partial charge in [0.25, 0.3) is 6.43 Å². The van der Waals surface area contributed by atoms with E-state index in [4.69, 9.17) is 4.74 Å². The van der Waals surface area contributed by atoms with Crippen LogP contribution in [0.5, 0.6) is 0 Å². The highest BCUT2D eigenvalue weighted by molar-refractivity contribution is 7.09. The van der Waals surface area contributed by atoms with Crippen molar-refractivity contribution in [1.29, 1.82) is 0 Å². The molecule has 0 aromatic carbocycles. The molecule has 2 aromatic rings. The fourth-order valence-electron chi connectivity index (χ4n) is 1.39. The second-order valence-electron chi connectivity index (χ2n) is 3.73. The molecule has 0 spiro atoms. The first kappa shape index (κ1) is 13.8. The summed E-state index contributed by atoms with van der Waals surface area (Å²) in [5.74, 6) is 0.689. The molecule has 0 radical (unpaired) electrons. The van der Waals surface area contributed by atoms with Gasteiger partial charge in [-0.2, -0.15) is 9.47 Å². The number of halogens is 2. The SMILES string of the molecule is COCCc1nsc(Nc2cnn(CC(F)F)c2)n1. The van der Waals surface area contributed by atoms with Crippen LogP contribution in [0.2, 0.25) is 0 Å². The first-order valence-corrected chi connectivity index (χ1v) is 6.34. The molecule has 0 amide bonds. The van der Waals surface area contributed by atoms with Crippen molar-refractivity contribution < 1.29 is 13.5 Å². The highest BCUT2D eigenvalue weighted by Gasteiger charge is 2.08. The Morgan fingerprint density at radius 3 is 3.11 bits per heavy atom. The van der Waals surface area contributed by atoms with Gasteiger partial charge in [-0.15, -0.1) is 0 Å².